The summed E-state index contributed by atoms with van der Waals surface area (Å²) in [5, 5.41) is 0. The first-order valence-corrected chi connectivity index (χ1v) is 9.54. The van der Waals surface area contributed by atoms with E-state index in [1.807, 2.05) is 43.0 Å². The van der Waals surface area contributed by atoms with Crippen molar-refractivity contribution in [1.82, 2.24) is 4.98 Å². The molecule has 9 heteroatoms. The Morgan fingerprint density at radius 2 is 1.93 bits per heavy atom. The molecule has 6 nitrogen and oxygen atoms in total. The van der Waals surface area contributed by atoms with E-state index in [-0.39, 0.29) is 17.6 Å². The number of anilines is 3. The quantitative estimate of drug-likeness (QED) is 0.698. The summed E-state index contributed by atoms with van der Waals surface area (Å²) in [4.78, 5) is 19.6. The number of ether oxygens (including phenoxy) is 2. The molecule has 3 heterocycles. The fourth-order valence-electron chi connectivity index (χ4n) is 3.73. The van der Waals surface area contributed by atoms with Crippen molar-refractivity contribution < 1.29 is 27.4 Å². The predicted molar refractivity (Wildman–Crippen MR) is 105 cm³/mol. The van der Waals surface area contributed by atoms with Crippen LogP contribution in [0.3, 0.4) is 0 Å². The number of pyridine rings is 1. The number of benzene rings is 1. The van der Waals surface area contributed by atoms with Gasteiger partial charge < -0.3 is 19.3 Å². The number of rotatable bonds is 3. The molecule has 1 aromatic carbocycles. The second-order valence-electron chi connectivity index (χ2n) is 8.14. The number of hydrogen-bond donors (Lipinski definition) is 0. The maximum Gasteiger partial charge on any atom is 0.418 e. The smallest absolute Gasteiger partial charge is 0.418 e. The van der Waals surface area contributed by atoms with Crippen LogP contribution >= 0.6 is 0 Å². The van der Waals surface area contributed by atoms with Crippen LogP contribution in [0.5, 0.6) is 5.75 Å². The van der Waals surface area contributed by atoms with E-state index >= 15 is 0 Å². The molecule has 160 valence electrons. The van der Waals surface area contributed by atoms with Crippen LogP contribution in [0.1, 0.15) is 19.4 Å². The molecule has 1 aromatic heterocycles. The van der Waals surface area contributed by atoms with E-state index in [0.29, 0.717) is 25.5 Å². The number of carbonyl (C=O) groups excluding carboxylic acids is 1. The van der Waals surface area contributed by atoms with Gasteiger partial charge in [0.1, 0.15) is 5.60 Å². The highest BCUT2D eigenvalue weighted by Gasteiger charge is 2.38. The fourth-order valence-corrected chi connectivity index (χ4v) is 3.73. The number of fused-ring (bicyclic) bond motifs is 1. The molecule has 0 atom stereocenters. The highest BCUT2D eigenvalue weighted by Crippen LogP contribution is 2.43. The highest BCUT2D eigenvalue weighted by atomic mass is 19.4. The van der Waals surface area contributed by atoms with Crippen LogP contribution in [0.15, 0.2) is 36.5 Å². The number of alkyl halides is 3. The molecule has 2 aliphatic heterocycles. The second kappa shape index (κ2) is 7.07. The zero-order chi connectivity index (χ0) is 21.7. The SMILES string of the molecule is COC(=O)C1CN(c2cccc(N3CC(C)(C)Oc4cc(C(F)(F)F)cnc43)c2)C1. The third-order valence-corrected chi connectivity index (χ3v) is 5.26. The van der Waals surface area contributed by atoms with Gasteiger partial charge in [0.2, 0.25) is 0 Å². The molecular weight excluding hydrogens is 399 g/mol. The zero-order valence-corrected chi connectivity index (χ0v) is 16.9. The van der Waals surface area contributed by atoms with E-state index in [1.165, 1.54) is 7.11 Å². The van der Waals surface area contributed by atoms with Gasteiger partial charge in [0.15, 0.2) is 11.6 Å². The molecule has 1 fully saturated rings. The molecule has 4 rings (SSSR count). The average molecular weight is 421 g/mol. The molecule has 1 saturated heterocycles. The molecular formula is C21H22F3N3O3. The molecule has 0 spiro atoms. The first kappa shape index (κ1) is 20.3. The lowest BCUT2D eigenvalue weighted by atomic mass is 9.99. The van der Waals surface area contributed by atoms with Crippen molar-refractivity contribution in [3.05, 3.63) is 42.1 Å². The van der Waals surface area contributed by atoms with Gasteiger partial charge in [-0.1, -0.05) is 6.07 Å². The van der Waals surface area contributed by atoms with E-state index in [1.54, 1.807) is 0 Å². The highest BCUT2D eigenvalue weighted by molar-refractivity contribution is 5.77. The summed E-state index contributed by atoms with van der Waals surface area (Å²) in [6.07, 6.45) is -3.67. The summed E-state index contributed by atoms with van der Waals surface area (Å²) in [6.45, 7) is 5.20. The minimum atomic E-state index is -4.49. The van der Waals surface area contributed by atoms with E-state index in [9.17, 15) is 18.0 Å². The van der Waals surface area contributed by atoms with Crippen LogP contribution in [-0.4, -0.2) is 43.3 Å². The van der Waals surface area contributed by atoms with Gasteiger partial charge in [-0.3, -0.25) is 4.79 Å². The molecule has 0 aliphatic carbocycles. The molecule has 0 unspecified atom stereocenters. The van der Waals surface area contributed by atoms with E-state index in [4.69, 9.17) is 9.47 Å². The number of halogens is 3. The standard InChI is InChI=1S/C21H22F3N3O3/c1-20(2)12-27(18-17(30-20)7-14(9-25-18)21(22,23)24)16-6-4-5-15(8-16)26-10-13(11-26)19(28)29-3/h4-9,13H,10-12H2,1-3H3. The molecule has 0 N–H and O–H groups in total. The summed E-state index contributed by atoms with van der Waals surface area (Å²) >= 11 is 0. The molecule has 30 heavy (non-hydrogen) atoms. The number of aromatic nitrogens is 1. The predicted octanol–water partition coefficient (Wildman–Crippen LogP) is 4.02. The first-order chi connectivity index (χ1) is 14.1. The first-order valence-electron chi connectivity index (χ1n) is 9.54. The van der Waals surface area contributed by atoms with Crippen molar-refractivity contribution in [2.24, 2.45) is 5.92 Å². The minimum Gasteiger partial charge on any atom is -0.482 e. The summed E-state index contributed by atoms with van der Waals surface area (Å²) in [5.74, 6) is 0.0665. The fraction of sp³-hybridized carbons (Fsp3) is 0.429. The Bertz CT molecular complexity index is 971. The summed E-state index contributed by atoms with van der Waals surface area (Å²) in [6, 6.07) is 8.63. The topological polar surface area (TPSA) is 54.9 Å². The molecule has 0 bridgehead atoms. The van der Waals surface area contributed by atoms with E-state index in [2.05, 4.69) is 9.88 Å². The third kappa shape index (κ3) is 3.76. The van der Waals surface area contributed by atoms with Crippen molar-refractivity contribution in [3.63, 3.8) is 0 Å². The van der Waals surface area contributed by atoms with Crippen LogP contribution in [0.4, 0.5) is 30.4 Å². The van der Waals surface area contributed by atoms with E-state index in [0.717, 1.165) is 23.6 Å². The lowest BCUT2D eigenvalue weighted by Gasteiger charge is -2.42. The lowest BCUT2D eigenvalue weighted by molar-refractivity contribution is -0.146. The van der Waals surface area contributed by atoms with Gasteiger partial charge in [-0.15, -0.1) is 0 Å². The minimum absolute atomic E-state index is 0.0983. The van der Waals surface area contributed by atoms with Gasteiger partial charge >= 0.3 is 12.1 Å². The molecule has 0 radical (unpaired) electrons. The van der Waals surface area contributed by atoms with Gasteiger partial charge in [-0.25, -0.2) is 4.98 Å². The second-order valence-corrected chi connectivity index (χ2v) is 8.14. The number of hydrogen-bond acceptors (Lipinski definition) is 6. The number of carbonyl (C=O) groups is 1. The van der Waals surface area contributed by atoms with Crippen LogP contribution in [-0.2, 0) is 15.7 Å². The Morgan fingerprint density at radius 1 is 1.23 bits per heavy atom. The van der Waals surface area contributed by atoms with Crippen LogP contribution < -0.4 is 14.5 Å². The maximum absolute atomic E-state index is 13.1. The van der Waals surface area contributed by atoms with Gasteiger partial charge in [-0.05, 0) is 38.1 Å². The monoisotopic (exact) mass is 421 g/mol. The molecule has 0 amide bonds. The zero-order valence-electron chi connectivity index (χ0n) is 16.9. The maximum atomic E-state index is 13.1. The Kier molecular flexibility index (Phi) is 4.79. The van der Waals surface area contributed by atoms with Crippen molar-refractivity contribution in [3.8, 4) is 5.75 Å². The Balaban J connectivity index is 1.64. The normalized spacial score (nSPS) is 18.3. The van der Waals surface area contributed by atoms with Gasteiger partial charge in [0.25, 0.3) is 0 Å². The van der Waals surface area contributed by atoms with Crippen molar-refractivity contribution in [2.45, 2.75) is 25.6 Å². The van der Waals surface area contributed by atoms with Crippen LogP contribution in [0.25, 0.3) is 0 Å². The number of esters is 1. The molecule has 0 saturated carbocycles. The third-order valence-electron chi connectivity index (χ3n) is 5.26. The Hall–Kier alpha value is -2.97. The summed E-state index contributed by atoms with van der Waals surface area (Å²) in [5.41, 5.74) is 0.160. The van der Waals surface area contributed by atoms with Crippen LogP contribution in [0.2, 0.25) is 0 Å². The number of methoxy groups -OCH3 is 1. The van der Waals surface area contributed by atoms with Gasteiger partial charge in [0, 0.05) is 30.7 Å². The van der Waals surface area contributed by atoms with Crippen molar-refractivity contribution in [2.75, 3.05) is 36.5 Å². The van der Waals surface area contributed by atoms with Crippen LogP contribution in [0, 0.1) is 5.92 Å². The van der Waals surface area contributed by atoms with Gasteiger partial charge in [0.05, 0.1) is 25.1 Å². The lowest BCUT2D eigenvalue weighted by Crippen LogP contribution is -2.51. The molecule has 2 aromatic rings. The number of nitrogens with zero attached hydrogens (tertiary/aromatic N) is 3. The Morgan fingerprint density at radius 3 is 2.60 bits per heavy atom. The molecule has 2 aliphatic rings. The average Bonchev–Trinajstić information content (AvgIpc) is 2.64. The van der Waals surface area contributed by atoms with Crippen molar-refractivity contribution >= 4 is 23.2 Å². The van der Waals surface area contributed by atoms with Gasteiger partial charge in [-0.2, -0.15) is 13.2 Å². The van der Waals surface area contributed by atoms with E-state index < -0.39 is 17.3 Å². The van der Waals surface area contributed by atoms with Crippen molar-refractivity contribution in [1.29, 1.82) is 0 Å². The largest absolute Gasteiger partial charge is 0.482 e. The summed E-state index contributed by atoms with van der Waals surface area (Å²) in [7, 11) is 1.38. The Labute approximate surface area is 172 Å². The summed E-state index contributed by atoms with van der Waals surface area (Å²) < 4.78 is 50.0.